The van der Waals surface area contributed by atoms with Crippen LogP contribution in [0.1, 0.15) is 28.4 Å². The summed E-state index contributed by atoms with van der Waals surface area (Å²) < 4.78 is 0. The zero-order valence-electron chi connectivity index (χ0n) is 11.7. The van der Waals surface area contributed by atoms with E-state index in [1.807, 2.05) is 24.5 Å². The number of thioether (sulfide) groups is 1. The predicted octanol–water partition coefficient (Wildman–Crippen LogP) is 4.30. The summed E-state index contributed by atoms with van der Waals surface area (Å²) in [6, 6.07) is 14.4. The summed E-state index contributed by atoms with van der Waals surface area (Å²) in [6.45, 7) is 4.21. The van der Waals surface area contributed by atoms with Crippen LogP contribution in [0.4, 0.5) is 0 Å². The molecule has 0 aromatic heterocycles. The molecule has 1 atom stereocenters. The molecule has 1 nitrogen and oxygen atoms in total. The van der Waals surface area contributed by atoms with E-state index in [0.717, 1.165) is 10.5 Å². The molecule has 0 radical (unpaired) electrons. The average Bonchev–Trinajstić information content (AvgIpc) is 2.42. The zero-order valence-corrected chi connectivity index (χ0v) is 12.5. The van der Waals surface area contributed by atoms with Crippen molar-refractivity contribution >= 4 is 11.8 Å². The Kier molecular flexibility index (Phi) is 4.67. The summed E-state index contributed by atoms with van der Waals surface area (Å²) in [4.78, 5) is 1.15. The van der Waals surface area contributed by atoms with E-state index >= 15 is 0 Å². The molecular weight excluding hydrogens is 252 g/mol. The van der Waals surface area contributed by atoms with Crippen molar-refractivity contribution in [1.29, 1.82) is 0 Å². The molecule has 0 amide bonds. The largest absolute Gasteiger partial charge is 0.388 e. The molecule has 0 bridgehead atoms. The Hall–Kier alpha value is -1.25. The summed E-state index contributed by atoms with van der Waals surface area (Å²) in [7, 11) is 0. The van der Waals surface area contributed by atoms with E-state index in [-0.39, 0.29) is 0 Å². The number of aliphatic hydroxyl groups excluding tert-OH is 1. The van der Waals surface area contributed by atoms with Gasteiger partial charge in [0.15, 0.2) is 0 Å². The molecule has 0 saturated carbocycles. The molecule has 2 aromatic carbocycles. The molecule has 0 fully saturated rings. The van der Waals surface area contributed by atoms with Crippen LogP contribution in [0.5, 0.6) is 0 Å². The lowest BCUT2D eigenvalue weighted by atomic mass is 9.94. The normalized spacial score (nSPS) is 12.4. The highest BCUT2D eigenvalue weighted by atomic mass is 32.2. The molecule has 19 heavy (non-hydrogen) atoms. The van der Waals surface area contributed by atoms with E-state index in [1.165, 1.54) is 16.7 Å². The molecule has 2 heteroatoms. The standard InChI is InChI=1S/C17H20OS/c1-12-7-6-8-13(2)15(12)11-16(18)14-9-4-5-10-17(14)19-3/h4-10,16,18H,11H2,1-3H3. The van der Waals surface area contributed by atoms with Gasteiger partial charge in [-0.3, -0.25) is 0 Å². The molecule has 0 spiro atoms. The van der Waals surface area contributed by atoms with Gasteiger partial charge in [0.1, 0.15) is 0 Å². The average molecular weight is 272 g/mol. The molecule has 1 N–H and O–H groups in total. The SMILES string of the molecule is CSc1ccccc1C(O)Cc1c(C)cccc1C. The van der Waals surface area contributed by atoms with Gasteiger partial charge < -0.3 is 5.11 Å². The van der Waals surface area contributed by atoms with E-state index in [0.29, 0.717) is 6.42 Å². The number of rotatable bonds is 4. The number of aryl methyl sites for hydroxylation is 2. The first-order valence-electron chi connectivity index (χ1n) is 6.49. The minimum Gasteiger partial charge on any atom is -0.388 e. The van der Waals surface area contributed by atoms with Crippen molar-refractivity contribution < 1.29 is 5.11 Å². The molecule has 0 aliphatic carbocycles. The Balaban J connectivity index is 2.28. The van der Waals surface area contributed by atoms with E-state index in [9.17, 15) is 5.11 Å². The van der Waals surface area contributed by atoms with Crippen molar-refractivity contribution in [1.82, 2.24) is 0 Å². The zero-order chi connectivity index (χ0) is 13.8. The van der Waals surface area contributed by atoms with Crippen molar-refractivity contribution in [2.45, 2.75) is 31.3 Å². The highest BCUT2D eigenvalue weighted by Gasteiger charge is 2.14. The van der Waals surface area contributed by atoms with Crippen LogP contribution in [0, 0.1) is 13.8 Å². The van der Waals surface area contributed by atoms with E-state index in [1.54, 1.807) is 11.8 Å². The lowest BCUT2D eigenvalue weighted by molar-refractivity contribution is 0.175. The fourth-order valence-electron chi connectivity index (χ4n) is 2.42. The maximum Gasteiger partial charge on any atom is 0.0841 e. The van der Waals surface area contributed by atoms with E-state index in [2.05, 4.69) is 38.1 Å². The fourth-order valence-corrected chi connectivity index (χ4v) is 3.07. The Bertz CT molecular complexity index is 543. The monoisotopic (exact) mass is 272 g/mol. The summed E-state index contributed by atoms with van der Waals surface area (Å²) in [5.41, 5.74) is 4.78. The smallest absolute Gasteiger partial charge is 0.0841 e. The lowest BCUT2D eigenvalue weighted by Gasteiger charge is -2.17. The summed E-state index contributed by atoms with van der Waals surface area (Å²) in [6.07, 6.45) is 2.28. The van der Waals surface area contributed by atoms with Gasteiger partial charge in [-0.25, -0.2) is 0 Å². The Morgan fingerprint density at radius 1 is 1.00 bits per heavy atom. The van der Waals surface area contributed by atoms with Gasteiger partial charge in [0, 0.05) is 11.3 Å². The molecule has 0 saturated heterocycles. The first kappa shape index (κ1) is 14.2. The number of aliphatic hydroxyl groups is 1. The van der Waals surface area contributed by atoms with Crippen LogP contribution < -0.4 is 0 Å². The van der Waals surface area contributed by atoms with Crippen LogP contribution >= 0.6 is 11.8 Å². The summed E-state index contributed by atoms with van der Waals surface area (Å²) >= 11 is 1.68. The van der Waals surface area contributed by atoms with Gasteiger partial charge in [-0.05, 0) is 48.4 Å². The molecular formula is C17H20OS. The van der Waals surface area contributed by atoms with Crippen LogP contribution in [0.2, 0.25) is 0 Å². The maximum atomic E-state index is 10.5. The predicted molar refractivity (Wildman–Crippen MR) is 82.8 cm³/mol. The van der Waals surface area contributed by atoms with Crippen molar-refractivity contribution in [3.8, 4) is 0 Å². The Morgan fingerprint density at radius 3 is 2.26 bits per heavy atom. The van der Waals surface area contributed by atoms with E-state index in [4.69, 9.17) is 0 Å². The molecule has 0 aliphatic heterocycles. The maximum absolute atomic E-state index is 10.5. The number of hydrogen-bond donors (Lipinski definition) is 1. The second-order valence-electron chi connectivity index (χ2n) is 4.83. The number of benzene rings is 2. The quantitative estimate of drug-likeness (QED) is 0.837. The molecule has 2 rings (SSSR count). The van der Waals surface area contributed by atoms with Crippen molar-refractivity contribution in [3.63, 3.8) is 0 Å². The molecule has 0 aliphatic rings. The molecule has 2 aromatic rings. The lowest BCUT2D eigenvalue weighted by Crippen LogP contribution is -2.06. The van der Waals surface area contributed by atoms with Crippen LogP contribution in [-0.2, 0) is 6.42 Å². The van der Waals surface area contributed by atoms with Gasteiger partial charge in [-0.1, -0.05) is 36.4 Å². The van der Waals surface area contributed by atoms with Crippen LogP contribution in [0.3, 0.4) is 0 Å². The Labute approximate surface area is 119 Å². The second-order valence-corrected chi connectivity index (χ2v) is 5.68. The van der Waals surface area contributed by atoms with Crippen LogP contribution in [0.15, 0.2) is 47.4 Å². The minimum atomic E-state index is -0.441. The van der Waals surface area contributed by atoms with Gasteiger partial charge in [0.25, 0.3) is 0 Å². The minimum absolute atomic E-state index is 0.441. The van der Waals surface area contributed by atoms with Gasteiger partial charge in [0.2, 0.25) is 0 Å². The molecule has 0 heterocycles. The topological polar surface area (TPSA) is 20.2 Å². The summed E-state index contributed by atoms with van der Waals surface area (Å²) in [5, 5.41) is 10.5. The van der Waals surface area contributed by atoms with Crippen LogP contribution in [0.25, 0.3) is 0 Å². The highest BCUT2D eigenvalue weighted by Crippen LogP contribution is 2.29. The third kappa shape index (κ3) is 3.20. The second kappa shape index (κ2) is 6.27. The first-order valence-corrected chi connectivity index (χ1v) is 7.72. The van der Waals surface area contributed by atoms with Gasteiger partial charge in [0.05, 0.1) is 6.10 Å². The fraction of sp³-hybridized carbons (Fsp3) is 0.294. The molecule has 100 valence electrons. The van der Waals surface area contributed by atoms with Gasteiger partial charge in [-0.15, -0.1) is 11.8 Å². The van der Waals surface area contributed by atoms with Gasteiger partial charge in [-0.2, -0.15) is 0 Å². The third-order valence-electron chi connectivity index (χ3n) is 3.54. The van der Waals surface area contributed by atoms with Crippen molar-refractivity contribution in [2.24, 2.45) is 0 Å². The third-order valence-corrected chi connectivity index (χ3v) is 4.35. The van der Waals surface area contributed by atoms with Crippen LogP contribution in [-0.4, -0.2) is 11.4 Å². The number of hydrogen-bond acceptors (Lipinski definition) is 2. The van der Waals surface area contributed by atoms with Gasteiger partial charge >= 0.3 is 0 Å². The van der Waals surface area contributed by atoms with Crippen molar-refractivity contribution in [3.05, 3.63) is 64.7 Å². The summed E-state index contributed by atoms with van der Waals surface area (Å²) in [5.74, 6) is 0. The first-order chi connectivity index (χ1) is 9.13. The van der Waals surface area contributed by atoms with E-state index < -0.39 is 6.10 Å². The van der Waals surface area contributed by atoms with Crippen molar-refractivity contribution in [2.75, 3.05) is 6.26 Å². The highest BCUT2D eigenvalue weighted by molar-refractivity contribution is 7.98. The molecule has 1 unspecified atom stereocenters. The Morgan fingerprint density at radius 2 is 1.63 bits per heavy atom.